The smallest absolute Gasteiger partial charge is 0.225 e. The van der Waals surface area contributed by atoms with Crippen molar-refractivity contribution in [3.05, 3.63) is 36.7 Å². The van der Waals surface area contributed by atoms with Gasteiger partial charge in [-0.25, -0.2) is 0 Å². The summed E-state index contributed by atoms with van der Waals surface area (Å²) in [7, 11) is 0. The van der Waals surface area contributed by atoms with Crippen LogP contribution in [-0.4, -0.2) is 40.2 Å². The number of carbonyl (C=O) groups is 1. The second-order valence-electron chi connectivity index (χ2n) is 7.29. The van der Waals surface area contributed by atoms with Crippen LogP contribution in [0, 0.1) is 5.92 Å². The molecule has 6 heteroatoms. The van der Waals surface area contributed by atoms with E-state index in [2.05, 4.69) is 25.4 Å². The zero-order valence-corrected chi connectivity index (χ0v) is 15.0. The topological polar surface area (TPSA) is 71.0 Å². The monoisotopic (exact) mass is 351 g/mol. The van der Waals surface area contributed by atoms with Gasteiger partial charge in [0.05, 0.1) is 11.6 Å². The van der Waals surface area contributed by atoms with Crippen molar-refractivity contribution >= 4 is 11.7 Å². The summed E-state index contributed by atoms with van der Waals surface area (Å²) in [5, 5.41) is 12.0. The summed E-state index contributed by atoms with van der Waals surface area (Å²) in [6.07, 6.45) is 10.2. The number of anilines is 1. The molecule has 1 aliphatic heterocycles. The molecule has 1 unspecified atom stereocenters. The van der Waals surface area contributed by atoms with E-state index in [1.165, 1.54) is 12.8 Å². The Morgan fingerprint density at radius 3 is 2.54 bits per heavy atom. The van der Waals surface area contributed by atoms with E-state index < -0.39 is 0 Å². The minimum absolute atomic E-state index is 0.0472. The Morgan fingerprint density at radius 2 is 1.81 bits per heavy atom. The fourth-order valence-corrected chi connectivity index (χ4v) is 3.96. The number of hydrogen-bond acceptors (Lipinski definition) is 5. The molecular formula is C20H25N5O. The van der Waals surface area contributed by atoms with Crippen LogP contribution in [0.4, 0.5) is 5.82 Å². The van der Waals surface area contributed by atoms with Gasteiger partial charge in [0.25, 0.3) is 0 Å². The van der Waals surface area contributed by atoms with Gasteiger partial charge in [-0.3, -0.25) is 9.78 Å². The lowest BCUT2D eigenvalue weighted by Crippen LogP contribution is -2.45. The van der Waals surface area contributed by atoms with Crippen LogP contribution in [0.1, 0.15) is 38.5 Å². The van der Waals surface area contributed by atoms with E-state index in [4.69, 9.17) is 0 Å². The van der Waals surface area contributed by atoms with Crippen LogP contribution in [0.25, 0.3) is 11.3 Å². The Hall–Kier alpha value is -2.50. The van der Waals surface area contributed by atoms with Crippen molar-refractivity contribution in [2.45, 2.75) is 44.6 Å². The predicted molar refractivity (Wildman–Crippen MR) is 101 cm³/mol. The maximum absolute atomic E-state index is 12.6. The number of hydrogen-bond donors (Lipinski definition) is 1. The molecule has 1 saturated heterocycles. The van der Waals surface area contributed by atoms with Crippen molar-refractivity contribution < 1.29 is 4.79 Å². The number of rotatable bonds is 4. The summed E-state index contributed by atoms with van der Waals surface area (Å²) < 4.78 is 0. The zero-order chi connectivity index (χ0) is 17.8. The number of aromatic nitrogens is 3. The van der Waals surface area contributed by atoms with Crippen molar-refractivity contribution in [1.29, 1.82) is 0 Å². The largest absolute Gasteiger partial charge is 0.354 e. The van der Waals surface area contributed by atoms with E-state index in [1.807, 2.05) is 24.3 Å². The third-order valence-corrected chi connectivity index (χ3v) is 5.44. The van der Waals surface area contributed by atoms with Gasteiger partial charge in [0.15, 0.2) is 5.82 Å². The molecular weight excluding hydrogens is 326 g/mol. The van der Waals surface area contributed by atoms with Gasteiger partial charge in [-0.2, -0.15) is 0 Å². The number of pyridine rings is 1. The lowest BCUT2D eigenvalue weighted by molar-refractivity contribution is -0.125. The quantitative estimate of drug-likeness (QED) is 0.917. The van der Waals surface area contributed by atoms with Gasteiger partial charge in [-0.05, 0) is 49.9 Å². The Kier molecular flexibility index (Phi) is 5.09. The van der Waals surface area contributed by atoms with Gasteiger partial charge < -0.3 is 10.2 Å². The number of piperidine rings is 1. The predicted octanol–water partition coefficient (Wildman–Crippen LogP) is 2.81. The van der Waals surface area contributed by atoms with E-state index in [1.54, 1.807) is 12.4 Å². The van der Waals surface area contributed by atoms with E-state index in [0.29, 0.717) is 6.04 Å². The van der Waals surface area contributed by atoms with E-state index >= 15 is 0 Å². The van der Waals surface area contributed by atoms with Crippen LogP contribution in [0.5, 0.6) is 0 Å². The van der Waals surface area contributed by atoms with Crippen molar-refractivity contribution in [2.75, 3.05) is 18.0 Å². The van der Waals surface area contributed by atoms with Crippen LogP contribution in [0.3, 0.4) is 0 Å². The lowest BCUT2D eigenvalue weighted by atomic mass is 9.96. The first-order chi connectivity index (χ1) is 12.8. The molecule has 2 aromatic rings. The fourth-order valence-electron chi connectivity index (χ4n) is 3.96. The molecule has 3 heterocycles. The van der Waals surface area contributed by atoms with E-state index in [-0.39, 0.29) is 11.8 Å². The van der Waals surface area contributed by atoms with Crippen LogP contribution in [0.15, 0.2) is 36.7 Å². The van der Waals surface area contributed by atoms with Crippen molar-refractivity contribution in [1.82, 2.24) is 20.5 Å². The van der Waals surface area contributed by atoms with Gasteiger partial charge in [0, 0.05) is 37.1 Å². The average molecular weight is 351 g/mol. The molecule has 4 rings (SSSR count). The molecule has 26 heavy (non-hydrogen) atoms. The van der Waals surface area contributed by atoms with Crippen LogP contribution in [0.2, 0.25) is 0 Å². The highest BCUT2D eigenvalue weighted by Crippen LogP contribution is 2.24. The molecule has 1 saturated carbocycles. The van der Waals surface area contributed by atoms with Gasteiger partial charge in [-0.15, -0.1) is 10.2 Å². The molecule has 2 aromatic heterocycles. The third-order valence-electron chi connectivity index (χ3n) is 5.44. The molecule has 1 amide bonds. The summed E-state index contributed by atoms with van der Waals surface area (Å²) in [4.78, 5) is 18.8. The molecule has 136 valence electrons. The summed E-state index contributed by atoms with van der Waals surface area (Å²) in [5.74, 6) is 1.11. The standard InChI is InChI=1S/C20H25N5O/c26-20(22-17-5-1-2-6-17)16-4-3-13-25(14-16)19-8-7-18(23-24-19)15-9-11-21-12-10-15/h7-12,16-17H,1-6,13-14H2,(H,22,26). The number of amides is 1. The highest BCUT2D eigenvalue weighted by atomic mass is 16.2. The van der Waals surface area contributed by atoms with E-state index in [0.717, 1.165) is 55.8 Å². The third kappa shape index (κ3) is 3.84. The summed E-state index contributed by atoms with van der Waals surface area (Å²) in [6.45, 7) is 1.65. The first kappa shape index (κ1) is 16.9. The SMILES string of the molecule is O=C(NC1CCCC1)C1CCCN(c2ccc(-c3ccncc3)nn2)C1. The summed E-state index contributed by atoms with van der Waals surface area (Å²) >= 11 is 0. The lowest BCUT2D eigenvalue weighted by Gasteiger charge is -2.33. The molecule has 0 spiro atoms. The average Bonchev–Trinajstić information content (AvgIpc) is 3.22. The van der Waals surface area contributed by atoms with Crippen molar-refractivity contribution in [3.8, 4) is 11.3 Å². The minimum Gasteiger partial charge on any atom is -0.354 e. The second-order valence-corrected chi connectivity index (χ2v) is 7.29. The zero-order valence-electron chi connectivity index (χ0n) is 15.0. The minimum atomic E-state index is 0.0472. The molecule has 6 nitrogen and oxygen atoms in total. The number of nitrogens with zero attached hydrogens (tertiary/aromatic N) is 4. The molecule has 0 aromatic carbocycles. The normalized spacial score (nSPS) is 20.9. The first-order valence-electron chi connectivity index (χ1n) is 9.59. The van der Waals surface area contributed by atoms with Gasteiger partial charge in [-0.1, -0.05) is 12.8 Å². The van der Waals surface area contributed by atoms with Crippen LogP contribution < -0.4 is 10.2 Å². The maximum Gasteiger partial charge on any atom is 0.225 e. The summed E-state index contributed by atoms with van der Waals surface area (Å²) in [6, 6.07) is 8.22. The fraction of sp³-hybridized carbons (Fsp3) is 0.500. The van der Waals surface area contributed by atoms with Gasteiger partial charge in [0.1, 0.15) is 0 Å². The molecule has 0 radical (unpaired) electrons. The molecule has 1 aliphatic carbocycles. The van der Waals surface area contributed by atoms with Crippen LogP contribution in [-0.2, 0) is 4.79 Å². The van der Waals surface area contributed by atoms with Crippen molar-refractivity contribution in [2.24, 2.45) is 5.92 Å². The van der Waals surface area contributed by atoms with Crippen molar-refractivity contribution in [3.63, 3.8) is 0 Å². The first-order valence-corrected chi connectivity index (χ1v) is 9.59. The van der Waals surface area contributed by atoms with E-state index in [9.17, 15) is 4.79 Å². The maximum atomic E-state index is 12.6. The molecule has 0 bridgehead atoms. The van der Waals surface area contributed by atoms with Gasteiger partial charge >= 0.3 is 0 Å². The van der Waals surface area contributed by atoms with Gasteiger partial charge in [0.2, 0.25) is 5.91 Å². The molecule has 2 aliphatic rings. The Labute approximate surface area is 154 Å². The molecule has 1 N–H and O–H groups in total. The van der Waals surface area contributed by atoms with Crippen LogP contribution >= 0.6 is 0 Å². The highest BCUT2D eigenvalue weighted by Gasteiger charge is 2.28. The Bertz CT molecular complexity index is 728. The Balaban J connectivity index is 1.40. The summed E-state index contributed by atoms with van der Waals surface area (Å²) in [5.41, 5.74) is 1.84. The highest BCUT2D eigenvalue weighted by molar-refractivity contribution is 5.80. The second kappa shape index (κ2) is 7.81. The number of carbonyl (C=O) groups excluding carboxylic acids is 1. The molecule has 2 fully saturated rings. The Morgan fingerprint density at radius 1 is 1.00 bits per heavy atom. The number of nitrogens with one attached hydrogen (secondary N) is 1. The molecule has 1 atom stereocenters.